The van der Waals surface area contributed by atoms with Crippen LogP contribution in [0.3, 0.4) is 0 Å². The van der Waals surface area contributed by atoms with Gasteiger partial charge in [-0.3, -0.25) is 5.43 Å². The molecule has 0 unspecified atom stereocenters. The highest BCUT2D eigenvalue weighted by molar-refractivity contribution is 6.12. The number of anilines is 1. The lowest BCUT2D eigenvalue weighted by Crippen LogP contribution is -2.45. The number of amides is 1. The Labute approximate surface area is 148 Å². The number of hydrazine groups is 1. The Morgan fingerprint density at radius 3 is 2.85 bits per heavy atom. The van der Waals surface area contributed by atoms with Crippen LogP contribution in [0.2, 0.25) is 0 Å². The third kappa shape index (κ3) is 2.21. The van der Waals surface area contributed by atoms with Gasteiger partial charge >= 0.3 is 6.09 Å². The number of rotatable bonds is 3. The molecule has 3 heterocycles. The van der Waals surface area contributed by atoms with E-state index < -0.39 is 11.6 Å². The SMILES string of the molecule is CC1(C)COC(=O)N1Nc1ncnc2[nH]c3c(C4CC4)cc(F)cc3c12. The third-order valence-corrected chi connectivity index (χ3v) is 5.07. The lowest BCUT2D eigenvalue weighted by Gasteiger charge is -2.28. The van der Waals surface area contributed by atoms with E-state index in [1.54, 1.807) is 6.07 Å². The minimum Gasteiger partial charge on any atom is -0.446 e. The Morgan fingerprint density at radius 2 is 2.15 bits per heavy atom. The molecule has 2 N–H and O–H groups in total. The smallest absolute Gasteiger partial charge is 0.429 e. The zero-order valence-electron chi connectivity index (χ0n) is 14.5. The van der Waals surface area contributed by atoms with Gasteiger partial charge in [0.2, 0.25) is 0 Å². The number of cyclic esters (lactones) is 1. The number of aromatic amines is 1. The van der Waals surface area contributed by atoms with Crippen molar-refractivity contribution in [2.24, 2.45) is 0 Å². The molecule has 134 valence electrons. The summed E-state index contributed by atoms with van der Waals surface area (Å²) >= 11 is 0. The number of hydrogen-bond acceptors (Lipinski definition) is 5. The summed E-state index contributed by atoms with van der Waals surface area (Å²) in [4.78, 5) is 24.0. The van der Waals surface area contributed by atoms with Crippen molar-refractivity contribution < 1.29 is 13.9 Å². The van der Waals surface area contributed by atoms with Crippen molar-refractivity contribution in [2.75, 3.05) is 12.0 Å². The summed E-state index contributed by atoms with van der Waals surface area (Å²) in [6.45, 7) is 4.06. The zero-order chi connectivity index (χ0) is 18.1. The van der Waals surface area contributed by atoms with E-state index in [2.05, 4.69) is 20.4 Å². The molecule has 1 amide bonds. The summed E-state index contributed by atoms with van der Waals surface area (Å²) in [5.74, 6) is 0.551. The molecule has 1 aromatic carbocycles. The van der Waals surface area contributed by atoms with Crippen LogP contribution in [-0.2, 0) is 4.74 Å². The molecule has 1 saturated carbocycles. The molecule has 8 heteroatoms. The van der Waals surface area contributed by atoms with Crippen molar-refractivity contribution in [3.63, 3.8) is 0 Å². The molecule has 0 radical (unpaired) electrons. The number of carbonyl (C=O) groups is 1. The van der Waals surface area contributed by atoms with Crippen molar-refractivity contribution >= 4 is 33.8 Å². The van der Waals surface area contributed by atoms with Crippen molar-refractivity contribution in [1.82, 2.24) is 20.0 Å². The highest BCUT2D eigenvalue weighted by atomic mass is 19.1. The van der Waals surface area contributed by atoms with Crippen molar-refractivity contribution in [3.05, 3.63) is 29.8 Å². The number of nitrogens with one attached hydrogen (secondary N) is 2. The predicted octanol–water partition coefficient (Wildman–Crippen LogP) is 3.69. The number of halogens is 1. The van der Waals surface area contributed by atoms with Crippen LogP contribution in [0, 0.1) is 5.82 Å². The molecule has 0 bridgehead atoms. The second-order valence-corrected chi connectivity index (χ2v) is 7.58. The topological polar surface area (TPSA) is 83.1 Å². The normalized spacial score (nSPS) is 19.3. The van der Waals surface area contributed by atoms with Crippen LogP contribution < -0.4 is 5.43 Å². The van der Waals surface area contributed by atoms with Crippen LogP contribution in [0.25, 0.3) is 21.9 Å². The molecule has 1 aliphatic heterocycles. The minimum absolute atomic E-state index is 0.279. The molecule has 2 aliphatic rings. The minimum atomic E-state index is -0.523. The standard InChI is InChI=1S/C18H18FN5O2/c1-18(2)7-26-17(25)24(18)23-16-13-12-6-10(19)5-11(9-3-4-9)14(12)22-15(13)20-8-21-16/h5-6,8-9H,3-4,7H2,1-2H3,(H2,20,21,22,23). The maximum absolute atomic E-state index is 14.3. The van der Waals surface area contributed by atoms with E-state index in [1.165, 1.54) is 17.4 Å². The number of fused-ring (bicyclic) bond motifs is 3. The Bertz CT molecular complexity index is 1060. The number of benzene rings is 1. The van der Waals surface area contributed by atoms with Gasteiger partial charge in [-0.25, -0.2) is 24.2 Å². The molecule has 0 spiro atoms. The average molecular weight is 355 g/mol. The fourth-order valence-corrected chi connectivity index (χ4v) is 3.54. The fraction of sp³-hybridized carbons (Fsp3) is 0.389. The molecule has 5 rings (SSSR count). The largest absolute Gasteiger partial charge is 0.446 e. The third-order valence-electron chi connectivity index (χ3n) is 5.07. The van der Waals surface area contributed by atoms with E-state index in [0.29, 0.717) is 22.8 Å². The Balaban J connectivity index is 1.70. The van der Waals surface area contributed by atoms with E-state index in [0.717, 1.165) is 29.3 Å². The molecule has 0 atom stereocenters. The van der Waals surface area contributed by atoms with Gasteiger partial charge in [0.15, 0.2) is 5.82 Å². The van der Waals surface area contributed by atoms with E-state index in [-0.39, 0.29) is 12.4 Å². The monoisotopic (exact) mass is 355 g/mol. The highest BCUT2D eigenvalue weighted by Gasteiger charge is 2.41. The summed E-state index contributed by atoms with van der Waals surface area (Å²) in [5.41, 5.74) is 5.00. The number of nitrogens with zero attached hydrogens (tertiary/aromatic N) is 3. The highest BCUT2D eigenvalue weighted by Crippen LogP contribution is 2.45. The number of H-pyrrole nitrogens is 1. The average Bonchev–Trinajstić information content (AvgIpc) is 3.33. The van der Waals surface area contributed by atoms with E-state index in [4.69, 9.17) is 4.74 Å². The van der Waals surface area contributed by atoms with Crippen LogP contribution in [0.5, 0.6) is 0 Å². The lowest BCUT2D eigenvalue weighted by atomic mass is 10.1. The Kier molecular flexibility index (Phi) is 2.99. The molecule has 7 nitrogen and oxygen atoms in total. The quantitative estimate of drug-likeness (QED) is 0.749. The van der Waals surface area contributed by atoms with Crippen molar-refractivity contribution in [3.8, 4) is 0 Å². The van der Waals surface area contributed by atoms with Gasteiger partial charge in [-0.2, -0.15) is 0 Å². The second kappa shape index (κ2) is 5.06. The molecule has 1 saturated heterocycles. The first-order valence-electron chi connectivity index (χ1n) is 8.63. The van der Waals surface area contributed by atoms with Gasteiger partial charge in [-0.05, 0) is 50.3 Å². The van der Waals surface area contributed by atoms with Crippen LogP contribution in [0.1, 0.15) is 38.2 Å². The van der Waals surface area contributed by atoms with Gasteiger partial charge in [-0.1, -0.05) is 0 Å². The van der Waals surface area contributed by atoms with Crippen LogP contribution in [0.4, 0.5) is 15.0 Å². The van der Waals surface area contributed by atoms with Gasteiger partial charge in [0.25, 0.3) is 0 Å². The lowest BCUT2D eigenvalue weighted by molar-refractivity contribution is 0.162. The molecule has 1 aliphatic carbocycles. The maximum atomic E-state index is 14.3. The first-order chi connectivity index (χ1) is 12.4. The number of aromatic nitrogens is 3. The summed E-state index contributed by atoms with van der Waals surface area (Å²) < 4.78 is 19.4. The van der Waals surface area contributed by atoms with Crippen molar-refractivity contribution in [2.45, 2.75) is 38.1 Å². The number of hydrogen-bond donors (Lipinski definition) is 2. The molecule has 3 aromatic rings. The summed E-state index contributed by atoms with van der Waals surface area (Å²) in [5, 5.41) is 2.80. The van der Waals surface area contributed by atoms with Crippen LogP contribution >= 0.6 is 0 Å². The summed E-state index contributed by atoms with van der Waals surface area (Å²) in [6, 6.07) is 3.08. The van der Waals surface area contributed by atoms with E-state index in [9.17, 15) is 9.18 Å². The summed E-state index contributed by atoms with van der Waals surface area (Å²) in [6.07, 6.45) is 3.09. The molecule has 2 fully saturated rings. The Morgan fingerprint density at radius 1 is 1.35 bits per heavy atom. The van der Waals surface area contributed by atoms with E-state index >= 15 is 0 Å². The van der Waals surface area contributed by atoms with Gasteiger partial charge in [-0.15, -0.1) is 0 Å². The predicted molar refractivity (Wildman–Crippen MR) is 94.2 cm³/mol. The molecular formula is C18H18FN5O2. The molecule has 26 heavy (non-hydrogen) atoms. The van der Waals surface area contributed by atoms with Crippen LogP contribution in [0.15, 0.2) is 18.5 Å². The zero-order valence-corrected chi connectivity index (χ0v) is 14.5. The fourth-order valence-electron chi connectivity index (χ4n) is 3.54. The van der Waals surface area contributed by atoms with Gasteiger partial charge < -0.3 is 9.72 Å². The first kappa shape index (κ1) is 15.4. The maximum Gasteiger partial charge on any atom is 0.429 e. The second-order valence-electron chi connectivity index (χ2n) is 7.58. The first-order valence-corrected chi connectivity index (χ1v) is 8.63. The van der Waals surface area contributed by atoms with Crippen molar-refractivity contribution in [1.29, 1.82) is 0 Å². The van der Waals surface area contributed by atoms with Gasteiger partial charge in [0.05, 0.1) is 16.4 Å². The molecular weight excluding hydrogens is 337 g/mol. The van der Waals surface area contributed by atoms with Gasteiger partial charge in [0, 0.05) is 5.39 Å². The number of ether oxygens (including phenoxy) is 1. The Hall–Kier alpha value is -2.90. The number of carbonyl (C=O) groups excluding carboxylic acids is 1. The summed E-state index contributed by atoms with van der Waals surface area (Å²) in [7, 11) is 0. The molecule has 2 aromatic heterocycles. The van der Waals surface area contributed by atoms with E-state index in [1.807, 2.05) is 13.8 Å². The van der Waals surface area contributed by atoms with Gasteiger partial charge in [0.1, 0.15) is 24.4 Å². The van der Waals surface area contributed by atoms with Crippen LogP contribution in [-0.4, -0.2) is 38.2 Å².